The molecule has 4 atom stereocenters. The van der Waals surface area contributed by atoms with Gasteiger partial charge in [0.25, 0.3) is 0 Å². The van der Waals surface area contributed by atoms with Gasteiger partial charge in [-0.05, 0) is 0 Å². The van der Waals surface area contributed by atoms with Crippen LogP contribution in [0.2, 0.25) is 0 Å². The van der Waals surface area contributed by atoms with Crippen molar-refractivity contribution in [1.29, 1.82) is 0 Å². The van der Waals surface area contributed by atoms with Gasteiger partial charge in [-0.15, -0.1) is 0 Å². The number of aliphatic hydroxyl groups excluding tert-OH is 5. The molecule has 0 rings (SSSR count). The summed E-state index contributed by atoms with van der Waals surface area (Å²) in [7, 11) is 1.47. The van der Waals surface area contributed by atoms with Crippen LogP contribution < -0.4 is 11.1 Å². The zero-order valence-electron chi connectivity index (χ0n) is 9.22. The summed E-state index contributed by atoms with van der Waals surface area (Å²) in [6.45, 7) is -0.760. The molecule has 9 nitrogen and oxygen atoms in total. The zero-order chi connectivity index (χ0) is 14.0. The van der Waals surface area contributed by atoms with E-state index < -0.39 is 37.1 Å². The average molecular weight is 254 g/mol. The lowest BCUT2D eigenvalue weighted by molar-refractivity contribution is -0.136. The van der Waals surface area contributed by atoms with Gasteiger partial charge in [-0.2, -0.15) is 0 Å². The number of aldehydes is 1. The van der Waals surface area contributed by atoms with Crippen LogP contribution in [0.3, 0.4) is 0 Å². The monoisotopic (exact) mass is 254 g/mol. The molecule has 0 aliphatic heterocycles. The highest BCUT2D eigenvalue weighted by atomic mass is 16.4. The van der Waals surface area contributed by atoms with Crippen LogP contribution in [0.15, 0.2) is 0 Å². The molecule has 0 aromatic rings. The fourth-order valence-electron chi connectivity index (χ4n) is 0.618. The van der Waals surface area contributed by atoms with Crippen LogP contribution in [0.5, 0.6) is 0 Å². The summed E-state index contributed by atoms with van der Waals surface area (Å²) in [6, 6.07) is -0.495. The third-order valence-corrected chi connectivity index (χ3v) is 1.67. The summed E-state index contributed by atoms with van der Waals surface area (Å²) in [5.41, 5.74) is 4.54. The molecule has 0 heterocycles. The van der Waals surface area contributed by atoms with Crippen LogP contribution in [0, 0.1) is 0 Å². The fourth-order valence-corrected chi connectivity index (χ4v) is 0.618. The molecule has 0 saturated carbocycles. The van der Waals surface area contributed by atoms with Gasteiger partial charge in [0, 0.05) is 7.05 Å². The molecule has 4 unspecified atom stereocenters. The Morgan fingerprint density at radius 3 is 1.94 bits per heavy atom. The van der Waals surface area contributed by atoms with E-state index in [1.54, 1.807) is 0 Å². The van der Waals surface area contributed by atoms with Gasteiger partial charge in [-0.3, -0.25) is 0 Å². The molecule has 0 aliphatic rings. The number of hydrogen-bond donors (Lipinski definition) is 7. The van der Waals surface area contributed by atoms with E-state index in [1.807, 2.05) is 0 Å². The van der Waals surface area contributed by atoms with Crippen molar-refractivity contribution >= 4 is 12.3 Å². The first kappa shape index (κ1) is 18.1. The van der Waals surface area contributed by atoms with Crippen LogP contribution in [-0.4, -0.2) is 75.9 Å². The summed E-state index contributed by atoms with van der Waals surface area (Å²) in [5, 5.41) is 45.7. The molecule has 102 valence electrons. The zero-order valence-corrected chi connectivity index (χ0v) is 9.22. The minimum absolute atomic E-state index is 0.0258. The molecule has 0 spiro atoms. The van der Waals surface area contributed by atoms with E-state index in [0.717, 1.165) is 0 Å². The number of nitrogens with one attached hydrogen (secondary N) is 1. The first-order chi connectivity index (χ1) is 7.81. The van der Waals surface area contributed by atoms with Gasteiger partial charge in [-0.25, -0.2) is 4.79 Å². The number of nitrogens with two attached hydrogens (primary N) is 1. The lowest BCUT2D eigenvalue weighted by Gasteiger charge is -2.22. The van der Waals surface area contributed by atoms with E-state index in [4.69, 9.17) is 25.5 Å². The lowest BCUT2D eigenvalue weighted by Crippen LogP contribution is -2.46. The van der Waals surface area contributed by atoms with Gasteiger partial charge in [0.05, 0.1) is 6.61 Å². The van der Waals surface area contributed by atoms with Crippen molar-refractivity contribution in [2.75, 3.05) is 13.7 Å². The molecule has 0 aliphatic carbocycles. The van der Waals surface area contributed by atoms with E-state index in [9.17, 15) is 9.59 Å². The Balaban J connectivity index is 0. The summed E-state index contributed by atoms with van der Waals surface area (Å²) in [5.74, 6) is 0. The summed E-state index contributed by atoms with van der Waals surface area (Å²) < 4.78 is 0. The summed E-state index contributed by atoms with van der Waals surface area (Å²) >= 11 is 0. The van der Waals surface area contributed by atoms with E-state index in [-0.39, 0.29) is 6.29 Å². The van der Waals surface area contributed by atoms with Crippen molar-refractivity contribution in [3.8, 4) is 0 Å². The molecular weight excluding hydrogens is 236 g/mol. The summed E-state index contributed by atoms with van der Waals surface area (Å²) in [6.07, 6.45) is -6.84. The van der Waals surface area contributed by atoms with Crippen molar-refractivity contribution < 1.29 is 35.1 Å². The minimum atomic E-state index is -1.79. The SMILES string of the molecule is CNC(N)=O.O=CC(O)C(O)C(O)C(O)CO. The largest absolute Gasteiger partial charge is 0.394 e. The Hall–Kier alpha value is -1.26. The number of carbonyl (C=O) groups excluding carboxylic acids is 2. The highest BCUT2D eigenvalue weighted by molar-refractivity contribution is 5.71. The van der Waals surface area contributed by atoms with Gasteiger partial charge in [0.15, 0.2) is 6.29 Å². The molecule has 17 heavy (non-hydrogen) atoms. The predicted molar refractivity (Wildman–Crippen MR) is 55.8 cm³/mol. The topological polar surface area (TPSA) is 173 Å². The Labute approximate surface area is 97.5 Å². The maximum absolute atomic E-state index is 9.90. The van der Waals surface area contributed by atoms with Gasteiger partial charge in [0.2, 0.25) is 0 Å². The van der Waals surface area contributed by atoms with Gasteiger partial charge in [0.1, 0.15) is 24.4 Å². The second-order valence-electron chi connectivity index (χ2n) is 2.97. The van der Waals surface area contributed by atoms with E-state index in [0.29, 0.717) is 0 Å². The quantitative estimate of drug-likeness (QED) is 0.244. The molecule has 0 fully saturated rings. The van der Waals surface area contributed by atoms with Crippen LogP contribution >= 0.6 is 0 Å². The average Bonchev–Trinajstić information content (AvgIpc) is 2.35. The van der Waals surface area contributed by atoms with Gasteiger partial charge in [-0.1, -0.05) is 0 Å². The smallest absolute Gasteiger partial charge is 0.311 e. The highest BCUT2D eigenvalue weighted by Crippen LogP contribution is 2.02. The first-order valence-corrected chi connectivity index (χ1v) is 4.57. The molecule has 0 bridgehead atoms. The van der Waals surface area contributed by atoms with E-state index in [1.165, 1.54) is 7.05 Å². The molecular formula is C8H18N2O7. The standard InChI is InChI=1S/C6H12O6.C2H6N2O/c7-1-3(9)5(11)6(12)4(10)2-8;1-4-2(3)5/h1,3-6,8-12H,2H2;1H3,(H3,3,4,5). The second-order valence-corrected chi connectivity index (χ2v) is 2.97. The molecule has 0 aromatic carbocycles. The molecule has 0 aromatic heterocycles. The third-order valence-electron chi connectivity index (χ3n) is 1.67. The minimum Gasteiger partial charge on any atom is -0.394 e. The normalized spacial score (nSPS) is 16.8. The molecule has 8 N–H and O–H groups in total. The Kier molecular flexibility index (Phi) is 10.6. The maximum atomic E-state index is 9.90. The maximum Gasteiger partial charge on any atom is 0.311 e. The molecule has 9 heteroatoms. The van der Waals surface area contributed by atoms with Crippen LogP contribution in [0.25, 0.3) is 0 Å². The number of amides is 2. The number of rotatable bonds is 5. The number of aliphatic hydroxyl groups is 5. The van der Waals surface area contributed by atoms with Gasteiger partial charge < -0.3 is 41.4 Å². The van der Waals surface area contributed by atoms with Crippen LogP contribution in [-0.2, 0) is 4.79 Å². The van der Waals surface area contributed by atoms with Gasteiger partial charge >= 0.3 is 6.03 Å². The first-order valence-electron chi connectivity index (χ1n) is 4.57. The molecule has 2 amide bonds. The fraction of sp³-hybridized carbons (Fsp3) is 0.750. The third kappa shape index (κ3) is 8.54. The van der Waals surface area contributed by atoms with Crippen LogP contribution in [0.1, 0.15) is 0 Å². The van der Waals surface area contributed by atoms with Crippen molar-refractivity contribution in [2.24, 2.45) is 5.73 Å². The number of hydrogen-bond acceptors (Lipinski definition) is 7. The Bertz CT molecular complexity index is 226. The second kappa shape index (κ2) is 9.93. The van der Waals surface area contributed by atoms with E-state index in [2.05, 4.69) is 11.1 Å². The number of urea groups is 1. The molecule has 0 saturated heterocycles. The van der Waals surface area contributed by atoms with E-state index >= 15 is 0 Å². The highest BCUT2D eigenvalue weighted by Gasteiger charge is 2.29. The predicted octanol–water partition coefficient (Wildman–Crippen LogP) is -4.09. The van der Waals surface area contributed by atoms with Crippen molar-refractivity contribution in [1.82, 2.24) is 5.32 Å². The van der Waals surface area contributed by atoms with Crippen molar-refractivity contribution in [3.63, 3.8) is 0 Å². The van der Waals surface area contributed by atoms with Crippen molar-refractivity contribution in [2.45, 2.75) is 24.4 Å². The number of carbonyl (C=O) groups is 2. The summed E-state index contributed by atoms with van der Waals surface area (Å²) in [4.78, 5) is 19.4. The molecule has 0 radical (unpaired) electrons. The Morgan fingerprint density at radius 2 is 1.71 bits per heavy atom. The van der Waals surface area contributed by atoms with Crippen LogP contribution in [0.4, 0.5) is 4.79 Å². The van der Waals surface area contributed by atoms with Crippen molar-refractivity contribution in [3.05, 3.63) is 0 Å². The number of primary amides is 1. The lowest BCUT2D eigenvalue weighted by atomic mass is 10.0. The Morgan fingerprint density at radius 1 is 1.29 bits per heavy atom.